The lowest BCUT2D eigenvalue weighted by Crippen LogP contribution is -2.75. The monoisotopic (exact) mass is 1550 g/mol. The molecule has 16 aromatic carbocycles. The molecule has 12 heteroatoms. The summed E-state index contributed by atoms with van der Waals surface area (Å²) in [5.74, 6) is 2.83. The van der Waals surface area contributed by atoms with Gasteiger partial charge in [-0.1, -0.05) is 315 Å². The molecular formula is C104H66N8S2Si2. The second-order valence-corrected chi connectivity index (χ2v) is 39.9. The van der Waals surface area contributed by atoms with Crippen LogP contribution in [0.3, 0.4) is 0 Å². The van der Waals surface area contributed by atoms with Gasteiger partial charge in [0.15, 0.2) is 0 Å². The van der Waals surface area contributed by atoms with E-state index in [0.29, 0.717) is 11.9 Å². The van der Waals surface area contributed by atoms with Crippen molar-refractivity contribution in [3.8, 4) is 34.7 Å². The number of rotatable bonds is 13. The van der Waals surface area contributed by atoms with Crippen LogP contribution in [-0.4, -0.2) is 54.4 Å². The summed E-state index contributed by atoms with van der Waals surface area (Å²) in [6.45, 7) is 0. The van der Waals surface area contributed by atoms with Crippen LogP contribution in [0.1, 0.15) is 0 Å². The van der Waals surface area contributed by atoms with E-state index in [0.717, 1.165) is 99.1 Å². The standard InChI is InChI=1S/C104H66N8S2Si2/c1-5-30-69(31-6-1)115(70-32-7-2-8-33-70,100-65-98(109-86-47-21-13-38-74(86)75-39-14-22-48-87(75)109)105-103(107-100)111-90-51-25-17-42-78(90)79-43-18-26-52-91(79)111)73-58-61-95-85(64-73)82-59-56-68(63-96(82)113-95)67-57-60-93-84(62-67)80-44-19-27-53-92(80)112(93)104-106-99(110-88-49-23-15-40-76(88)77-41-16-24-50-89(77)110)66-101(108-104)116(71-34-9-3-10-35-71,72-36-11-4-12-37-72)97-55-29-46-83-81-45-20-28-54-94(81)114-102(83)97/h1-66H. The third kappa shape index (κ3) is 9.82. The predicted molar refractivity (Wildman–Crippen MR) is 493 cm³/mol. The first-order valence-electron chi connectivity index (χ1n) is 39.4. The van der Waals surface area contributed by atoms with Gasteiger partial charge in [-0.25, -0.2) is 9.97 Å². The predicted octanol–water partition coefficient (Wildman–Crippen LogP) is 20.8. The maximum atomic E-state index is 6.19. The van der Waals surface area contributed by atoms with Crippen LogP contribution in [0.2, 0.25) is 0 Å². The third-order valence-corrected chi connectivity index (χ3v) is 36.1. The molecule has 0 atom stereocenters. The number of nitrogens with zero attached hydrogens (tertiary/aromatic N) is 8. The number of fused-ring (bicyclic) bond motifs is 18. The lowest BCUT2D eigenvalue weighted by Gasteiger charge is -2.34. The van der Waals surface area contributed by atoms with Crippen LogP contribution in [0, 0.1) is 0 Å². The van der Waals surface area contributed by atoms with Crippen molar-refractivity contribution in [1.82, 2.24) is 38.2 Å². The molecule has 0 saturated heterocycles. The minimum absolute atomic E-state index is 0.607. The maximum Gasteiger partial charge on any atom is 0.236 e. The van der Waals surface area contributed by atoms with Crippen LogP contribution in [0.5, 0.6) is 0 Å². The van der Waals surface area contributed by atoms with Crippen molar-refractivity contribution < 1.29 is 0 Å². The Balaban J connectivity index is 0.703. The zero-order chi connectivity index (χ0) is 76.2. The molecule has 0 spiro atoms. The molecule has 0 aliphatic heterocycles. The van der Waals surface area contributed by atoms with E-state index in [1.54, 1.807) is 0 Å². The second kappa shape index (κ2) is 26.2. The minimum atomic E-state index is -3.47. The molecular weight excluding hydrogens is 1480 g/mol. The van der Waals surface area contributed by atoms with E-state index in [9.17, 15) is 0 Å². The number of thiophene rings is 2. The number of benzene rings is 16. The fourth-order valence-electron chi connectivity index (χ4n) is 19.3. The van der Waals surface area contributed by atoms with Crippen LogP contribution < -0.4 is 41.8 Å². The molecule has 24 rings (SSSR count). The topological polar surface area (TPSA) is 71.3 Å². The van der Waals surface area contributed by atoms with Crippen LogP contribution in [-0.2, 0) is 0 Å². The molecule has 0 bridgehead atoms. The van der Waals surface area contributed by atoms with E-state index in [1.807, 2.05) is 22.7 Å². The molecule has 0 amide bonds. The highest BCUT2D eigenvalue weighted by Crippen LogP contribution is 2.42. The van der Waals surface area contributed by atoms with Gasteiger partial charge in [0.1, 0.15) is 11.6 Å². The van der Waals surface area contributed by atoms with Crippen molar-refractivity contribution in [2.45, 2.75) is 0 Å². The highest BCUT2D eigenvalue weighted by atomic mass is 32.1. The van der Waals surface area contributed by atoms with Crippen molar-refractivity contribution in [2.75, 3.05) is 0 Å². The first-order valence-corrected chi connectivity index (χ1v) is 45.0. The average Bonchev–Trinajstić information content (AvgIpc) is 1.45. The lowest BCUT2D eigenvalue weighted by molar-refractivity contribution is 0.958. The maximum absolute atomic E-state index is 6.19. The summed E-state index contributed by atoms with van der Waals surface area (Å²) in [6, 6.07) is 148. The van der Waals surface area contributed by atoms with Crippen molar-refractivity contribution in [3.63, 3.8) is 0 Å². The Kier molecular flexibility index (Phi) is 15.0. The van der Waals surface area contributed by atoms with E-state index in [2.05, 4.69) is 419 Å². The summed E-state index contributed by atoms with van der Waals surface area (Å²) >= 11 is 3.74. The zero-order valence-electron chi connectivity index (χ0n) is 62.5. The Morgan fingerprint density at radius 2 is 0.552 bits per heavy atom. The fraction of sp³-hybridized carbons (Fsp3) is 0. The van der Waals surface area contributed by atoms with Gasteiger partial charge in [0, 0.05) is 94.1 Å². The zero-order valence-corrected chi connectivity index (χ0v) is 66.1. The Hall–Kier alpha value is -14.2. The molecule has 0 aliphatic carbocycles. The van der Waals surface area contributed by atoms with E-state index in [4.69, 9.17) is 19.9 Å². The first-order chi connectivity index (χ1) is 57.5. The van der Waals surface area contributed by atoms with E-state index in [-0.39, 0.29) is 0 Å². The molecule has 0 unspecified atom stereocenters. The van der Waals surface area contributed by atoms with Crippen molar-refractivity contribution in [2.24, 2.45) is 0 Å². The third-order valence-electron chi connectivity index (χ3n) is 24.3. The van der Waals surface area contributed by atoms with E-state index in [1.165, 1.54) is 93.0 Å². The molecule has 0 radical (unpaired) electrons. The number of aromatic nitrogens is 8. The van der Waals surface area contributed by atoms with Crippen LogP contribution in [0.4, 0.5) is 0 Å². The van der Waals surface area contributed by atoms with Crippen molar-refractivity contribution in [1.29, 1.82) is 0 Å². The lowest BCUT2D eigenvalue weighted by atomic mass is 10.0. The smallest absolute Gasteiger partial charge is 0.236 e. The molecule has 8 heterocycles. The van der Waals surface area contributed by atoms with Gasteiger partial charge in [-0.3, -0.25) is 18.3 Å². The summed E-state index contributed by atoms with van der Waals surface area (Å²) < 4.78 is 14.3. The number of para-hydroxylation sites is 7. The summed E-state index contributed by atoms with van der Waals surface area (Å²) in [6.07, 6.45) is 0. The Labute approximate surface area is 676 Å². The summed E-state index contributed by atoms with van der Waals surface area (Å²) in [7, 11) is -6.93. The molecule has 8 aromatic heterocycles. The van der Waals surface area contributed by atoms with Gasteiger partial charge >= 0.3 is 0 Å². The van der Waals surface area contributed by atoms with Gasteiger partial charge in [-0.05, 0) is 127 Å². The Morgan fingerprint density at radius 1 is 0.198 bits per heavy atom. The Bertz CT molecular complexity index is 7750. The number of hydrogen-bond donors (Lipinski definition) is 0. The van der Waals surface area contributed by atoms with Crippen molar-refractivity contribution in [3.05, 3.63) is 400 Å². The molecule has 0 aliphatic rings. The molecule has 24 aromatic rings. The van der Waals surface area contributed by atoms with E-state index >= 15 is 0 Å². The van der Waals surface area contributed by atoms with Gasteiger partial charge in [-0.2, -0.15) is 9.97 Å². The fourth-order valence-corrected chi connectivity index (χ4v) is 31.4. The largest absolute Gasteiger partial charge is 0.294 e. The molecule has 116 heavy (non-hydrogen) atoms. The Morgan fingerprint density at radius 3 is 1.03 bits per heavy atom. The molecule has 0 saturated carbocycles. The van der Waals surface area contributed by atoms with Crippen LogP contribution >= 0.6 is 22.7 Å². The van der Waals surface area contributed by atoms with Crippen LogP contribution in [0.25, 0.3) is 162 Å². The number of hydrogen-bond acceptors (Lipinski definition) is 6. The van der Waals surface area contributed by atoms with Gasteiger partial charge in [-0.15, -0.1) is 22.7 Å². The van der Waals surface area contributed by atoms with Crippen LogP contribution in [0.15, 0.2) is 400 Å². The molecule has 0 N–H and O–H groups in total. The first kappa shape index (κ1) is 66.4. The van der Waals surface area contributed by atoms with Gasteiger partial charge in [0.25, 0.3) is 0 Å². The van der Waals surface area contributed by atoms with Gasteiger partial charge < -0.3 is 0 Å². The summed E-state index contributed by atoms with van der Waals surface area (Å²) in [5, 5.41) is 23.6. The highest BCUT2D eigenvalue weighted by Gasteiger charge is 2.47. The molecule has 542 valence electrons. The van der Waals surface area contributed by atoms with Crippen molar-refractivity contribution >= 4 is 208 Å². The van der Waals surface area contributed by atoms with Gasteiger partial charge in [0.05, 0.1) is 44.1 Å². The quantitative estimate of drug-likeness (QED) is 0.0852. The van der Waals surface area contributed by atoms with E-state index < -0.39 is 16.1 Å². The minimum Gasteiger partial charge on any atom is -0.294 e. The van der Waals surface area contributed by atoms with Gasteiger partial charge in [0.2, 0.25) is 28.0 Å². The average molecular weight is 1550 g/mol. The molecule has 8 nitrogen and oxygen atoms in total. The summed E-state index contributed by atoms with van der Waals surface area (Å²) in [4.78, 5) is 24.0. The SMILES string of the molecule is c1ccc([Si](c2ccccc2)(c2ccc3sc4cc(-c5ccc6c(c5)c5ccccc5n6-c5nc(-n6c7ccccc7c7ccccc76)cc([Si](c6ccccc6)(c6ccccc6)c6cccc7c6sc6ccccc67)n5)ccc4c3c2)c2cc(-n3c4ccccc4c4ccccc43)nc(-n3c4ccccc4c4ccccc43)n2)cc1. The molecule has 0 fully saturated rings. The summed E-state index contributed by atoms with van der Waals surface area (Å²) in [5.41, 5.74) is 10.7. The normalized spacial score (nSPS) is 12.3. The highest BCUT2D eigenvalue weighted by molar-refractivity contribution is 7.30. The second-order valence-electron chi connectivity index (χ2n) is 30.3.